The molecular formula is C26H28N4O2S. The van der Waals surface area contributed by atoms with Crippen molar-refractivity contribution in [3.63, 3.8) is 0 Å². The fraction of sp³-hybridized carbons (Fsp3) is 0.346. The molecule has 0 radical (unpaired) electrons. The van der Waals surface area contributed by atoms with Gasteiger partial charge in [-0.05, 0) is 23.1 Å². The summed E-state index contributed by atoms with van der Waals surface area (Å²) in [6, 6.07) is 18.4. The number of thiazole rings is 1. The van der Waals surface area contributed by atoms with Crippen LogP contribution in [0.25, 0.3) is 0 Å². The minimum Gasteiger partial charge on any atom is -0.335 e. The van der Waals surface area contributed by atoms with Crippen LogP contribution in [-0.4, -0.2) is 39.7 Å². The zero-order valence-electron chi connectivity index (χ0n) is 18.8. The van der Waals surface area contributed by atoms with Crippen LogP contribution in [0, 0.1) is 0 Å². The lowest BCUT2D eigenvalue weighted by atomic mass is 9.90. The summed E-state index contributed by atoms with van der Waals surface area (Å²) in [6.45, 7) is 4.96. The summed E-state index contributed by atoms with van der Waals surface area (Å²) < 4.78 is 0. The molecule has 1 aromatic heterocycles. The van der Waals surface area contributed by atoms with Gasteiger partial charge in [-0.15, -0.1) is 11.3 Å². The van der Waals surface area contributed by atoms with Gasteiger partial charge in [-0.25, -0.2) is 4.98 Å². The highest BCUT2D eigenvalue weighted by Crippen LogP contribution is 2.33. The maximum absolute atomic E-state index is 13.0. The Balaban J connectivity index is 1.25. The van der Waals surface area contributed by atoms with Gasteiger partial charge in [-0.2, -0.15) is 0 Å². The highest BCUT2D eigenvalue weighted by molar-refractivity contribution is 7.15. The SMILES string of the molecule is CC(=O)N1CCc2ccccc2C1CC(=O)Nc1nc2c(s1)CN(Cc1ccccc1)CC2. The monoisotopic (exact) mass is 460 g/mol. The van der Waals surface area contributed by atoms with E-state index in [1.165, 1.54) is 16.0 Å². The van der Waals surface area contributed by atoms with Crippen molar-refractivity contribution in [3.05, 3.63) is 81.9 Å². The number of nitrogens with zero attached hydrogens (tertiary/aromatic N) is 3. The Hall–Kier alpha value is -3.03. The normalized spacial score (nSPS) is 17.8. The predicted molar refractivity (Wildman–Crippen MR) is 130 cm³/mol. The molecule has 2 aliphatic heterocycles. The lowest BCUT2D eigenvalue weighted by Crippen LogP contribution is -2.40. The van der Waals surface area contributed by atoms with E-state index in [0.717, 1.165) is 43.7 Å². The summed E-state index contributed by atoms with van der Waals surface area (Å²) >= 11 is 1.57. The highest BCUT2D eigenvalue weighted by atomic mass is 32.1. The average Bonchev–Trinajstić information content (AvgIpc) is 3.21. The van der Waals surface area contributed by atoms with Gasteiger partial charge in [0.05, 0.1) is 18.2 Å². The molecule has 6 nitrogen and oxygen atoms in total. The fourth-order valence-electron chi connectivity index (χ4n) is 4.87. The minimum atomic E-state index is -0.233. The smallest absolute Gasteiger partial charge is 0.228 e. The molecule has 1 unspecified atom stereocenters. The third kappa shape index (κ3) is 4.84. The van der Waals surface area contributed by atoms with Crippen LogP contribution in [0.2, 0.25) is 0 Å². The summed E-state index contributed by atoms with van der Waals surface area (Å²) in [6.07, 6.45) is 1.95. The number of carbonyl (C=O) groups is 2. The molecule has 33 heavy (non-hydrogen) atoms. The molecule has 0 fully saturated rings. The van der Waals surface area contributed by atoms with Crippen molar-refractivity contribution in [2.24, 2.45) is 0 Å². The second kappa shape index (κ2) is 9.45. The number of nitrogens with one attached hydrogen (secondary N) is 1. The van der Waals surface area contributed by atoms with Crippen LogP contribution < -0.4 is 5.32 Å². The van der Waals surface area contributed by atoms with Crippen LogP contribution in [0.15, 0.2) is 54.6 Å². The van der Waals surface area contributed by atoms with E-state index in [1.54, 1.807) is 18.3 Å². The molecule has 0 aliphatic carbocycles. The molecule has 0 saturated heterocycles. The molecule has 3 heterocycles. The van der Waals surface area contributed by atoms with E-state index in [9.17, 15) is 9.59 Å². The van der Waals surface area contributed by atoms with E-state index in [4.69, 9.17) is 4.98 Å². The summed E-state index contributed by atoms with van der Waals surface area (Å²) in [4.78, 5) is 35.4. The molecular weight excluding hydrogens is 432 g/mol. The summed E-state index contributed by atoms with van der Waals surface area (Å²) in [5.41, 5.74) is 4.69. The van der Waals surface area contributed by atoms with Crippen molar-refractivity contribution in [2.45, 2.75) is 45.3 Å². The molecule has 2 aromatic carbocycles. The number of amides is 2. The quantitative estimate of drug-likeness (QED) is 0.621. The molecule has 0 bridgehead atoms. The topological polar surface area (TPSA) is 65.5 Å². The zero-order chi connectivity index (χ0) is 22.8. The van der Waals surface area contributed by atoms with Crippen LogP contribution in [0.4, 0.5) is 5.13 Å². The largest absolute Gasteiger partial charge is 0.335 e. The van der Waals surface area contributed by atoms with Crippen LogP contribution in [-0.2, 0) is 35.5 Å². The Morgan fingerprint density at radius 3 is 2.67 bits per heavy atom. The number of fused-ring (bicyclic) bond motifs is 2. The van der Waals surface area contributed by atoms with Gasteiger partial charge in [0.2, 0.25) is 11.8 Å². The van der Waals surface area contributed by atoms with Crippen molar-refractivity contribution >= 4 is 28.3 Å². The van der Waals surface area contributed by atoms with Gasteiger partial charge in [0, 0.05) is 44.4 Å². The molecule has 0 spiro atoms. The van der Waals surface area contributed by atoms with Crippen molar-refractivity contribution in [1.29, 1.82) is 0 Å². The number of hydrogen-bond donors (Lipinski definition) is 1. The standard InChI is InChI=1S/C26H28N4O2S/c1-18(31)30-14-11-20-9-5-6-10-21(20)23(30)15-25(32)28-26-27-22-12-13-29(17-24(22)33-26)16-19-7-3-2-4-8-19/h2-10,23H,11-17H2,1H3,(H,27,28,32). The van der Waals surface area contributed by atoms with Gasteiger partial charge >= 0.3 is 0 Å². The molecule has 5 rings (SSSR count). The lowest BCUT2D eigenvalue weighted by Gasteiger charge is -2.36. The number of aromatic nitrogens is 1. The van der Waals surface area contributed by atoms with Crippen LogP contribution in [0.3, 0.4) is 0 Å². The van der Waals surface area contributed by atoms with Gasteiger partial charge in [-0.3, -0.25) is 14.5 Å². The lowest BCUT2D eigenvalue weighted by molar-refractivity contribution is -0.132. The molecule has 7 heteroatoms. The number of carbonyl (C=O) groups excluding carboxylic acids is 2. The van der Waals surface area contributed by atoms with E-state index in [2.05, 4.69) is 40.5 Å². The Morgan fingerprint density at radius 1 is 1.06 bits per heavy atom. The first-order chi connectivity index (χ1) is 16.1. The van der Waals surface area contributed by atoms with Gasteiger partial charge in [0.15, 0.2) is 5.13 Å². The summed E-state index contributed by atoms with van der Waals surface area (Å²) in [5.74, 6) is -0.0966. The number of hydrogen-bond acceptors (Lipinski definition) is 5. The average molecular weight is 461 g/mol. The summed E-state index contributed by atoms with van der Waals surface area (Å²) in [7, 11) is 0. The third-order valence-corrected chi connectivity index (χ3v) is 7.50. The van der Waals surface area contributed by atoms with Crippen molar-refractivity contribution < 1.29 is 9.59 Å². The maximum atomic E-state index is 13.0. The number of benzene rings is 2. The molecule has 1 atom stereocenters. The first kappa shape index (κ1) is 21.8. The van der Waals surface area contributed by atoms with E-state index in [1.807, 2.05) is 29.2 Å². The second-order valence-electron chi connectivity index (χ2n) is 8.76. The van der Waals surface area contributed by atoms with Crippen molar-refractivity contribution in [3.8, 4) is 0 Å². The molecule has 170 valence electrons. The van der Waals surface area contributed by atoms with Crippen LogP contribution >= 0.6 is 11.3 Å². The fourth-order valence-corrected chi connectivity index (χ4v) is 5.94. The Labute approximate surface area is 198 Å². The van der Waals surface area contributed by atoms with Gasteiger partial charge in [-0.1, -0.05) is 54.6 Å². The Kier molecular flexibility index (Phi) is 6.24. The molecule has 2 amide bonds. The first-order valence-electron chi connectivity index (χ1n) is 11.5. The number of anilines is 1. The van der Waals surface area contributed by atoms with E-state index in [-0.39, 0.29) is 24.3 Å². The molecule has 2 aliphatic rings. The predicted octanol–water partition coefficient (Wildman–Crippen LogP) is 4.18. The first-order valence-corrected chi connectivity index (χ1v) is 12.3. The minimum absolute atomic E-state index is 0.00511. The maximum Gasteiger partial charge on any atom is 0.228 e. The molecule has 3 aromatic rings. The van der Waals surface area contributed by atoms with Crippen molar-refractivity contribution in [2.75, 3.05) is 18.4 Å². The van der Waals surface area contributed by atoms with Crippen LogP contribution in [0.1, 0.15) is 46.6 Å². The third-order valence-electron chi connectivity index (χ3n) is 6.50. The summed E-state index contributed by atoms with van der Waals surface area (Å²) in [5, 5.41) is 3.67. The van der Waals surface area contributed by atoms with E-state index in [0.29, 0.717) is 11.7 Å². The van der Waals surface area contributed by atoms with Crippen molar-refractivity contribution in [1.82, 2.24) is 14.8 Å². The molecule has 0 saturated carbocycles. The number of rotatable bonds is 5. The zero-order valence-corrected chi connectivity index (χ0v) is 19.6. The van der Waals surface area contributed by atoms with Gasteiger partial charge in [0.1, 0.15) is 0 Å². The Morgan fingerprint density at radius 2 is 1.85 bits per heavy atom. The van der Waals surface area contributed by atoms with Gasteiger partial charge < -0.3 is 10.2 Å². The van der Waals surface area contributed by atoms with E-state index < -0.39 is 0 Å². The Bertz CT molecular complexity index is 1160. The highest BCUT2D eigenvalue weighted by Gasteiger charge is 2.31. The molecule has 1 N–H and O–H groups in total. The van der Waals surface area contributed by atoms with E-state index >= 15 is 0 Å². The van der Waals surface area contributed by atoms with Gasteiger partial charge in [0.25, 0.3) is 0 Å². The van der Waals surface area contributed by atoms with Crippen LogP contribution in [0.5, 0.6) is 0 Å². The second-order valence-corrected chi connectivity index (χ2v) is 9.85.